The van der Waals surface area contributed by atoms with Gasteiger partial charge in [0.2, 0.25) is 0 Å². The fraction of sp³-hybridized carbons (Fsp3) is 0.727. The molecule has 1 aromatic heterocycles. The minimum atomic E-state index is 0.353. The van der Waals surface area contributed by atoms with E-state index in [2.05, 4.69) is 17.3 Å². The summed E-state index contributed by atoms with van der Waals surface area (Å²) in [7, 11) is 0. The van der Waals surface area contributed by atoms with Gasteiger partial charge in [0.05, 0.1) is 16.4 Å². The Bertz CT molecular complexity index is 370. The van der Waals surface area contributed by atoms with Crippen LogP contribution in [0.15, 0.2) is 0 Å². The first kappa shape index (κ1) is 12.2. The van der Waals surface area contributed by atoms with Crippen molar-refractivity contribution in [3.8, 4) is 0 Å². The van der Waals surface area contributed by atoms with Crippen molar-refractivity contribution in [2.24, 2.45) is 0 Å². The van der Waals surface area contributed by atoms with Crippen molar-refractivity contribution in [1.29, 1.82) is 0 Å². The van der Waals surface area contributed by atoms with E-state index >= 15 is 0 Å². The van der Waals surface area contributed by atoms with Gasteiger partial charge in [0, 0.05) is 24.5 Å². The zero-order chi connectivity index (χ0) is 11.7. The summed E-state index contributed by atoms with van der Waals surface area (Å²) in [5.74, 6) is 0. The molecule has 5 heteroatoms. The van der Waals surface area contributed by atoms with Crippen molar-refractivity contribution in [3.05, 3.63) is 16.4 Å². The molecule has 0 radical (unpaired) electrons. The monoisotopic (exact) mass is 261 g/mol. The smallest absolute Gasteiger partial charge is 0.0860 e. The molecular weight excluding hydrogens is 245 g/mol. The van der Waals surface area contributed by atoms with Gasteiger partial charge in [0.1, 0.15) is 0 Å². The van der Waals surface area contributed by atoms with Gasteiger partial charge in [0.15, 0.2) is 0 Å². The van der Waals surface area contributed by atoms with E-state index < -0.39 is 0 Å². The molecule has 0 aromatic carbocycles. The van der Waals surface area contributed by atoms with Crippen molar-refractivity contribution in [3.63, 3.8) is 0 Å². The lowest BCUT2D eigenvalue weighted by Crippen LogP contribution is -2.41. The third-order valence-corrected chi connectivity index (χ3v) is 3.94. The first-order valence-electron chi connectivity index (χ1n) is 5.71. The van der Waals surface area contributed by atoms with E-state index in [9.17, 15) is 0 Å². The Hall–Kier alpha value is -0.250. The Morgan fingerprint density at radius 2 is 2.19 bits per heavy atom. The summed E-state index contributed by atoms with van der Waals surface area (Å²) >= 11 is 12.2. The molecular formula is C11H17Cl2N3. The van der Waals surface area contributed by atoms with Gasteiger partial charge in [0.25, 0.3) is 0 Å². The van der Waals surface area contributed by atoms with Gasteiger partial charge in [-0.3, -0.25) is 4.68 Å². The summed E-state index contributed by atoms with van der Waals surface area (Å²) in [5.41, 5.74) is 1.99. The maximum atomic E-state index is 6.22. The number of hydrogen-bond acceptors (Lipinski definition) is 2. The van der Waals surface area contributed by atoms with E-state index in [0.717, 1.165) is 42.3 Å². The van der Waals surface area contributed by atoms with E-state index in [1.54, 1.807) is 0 Å². The lowest BCUT2D eigenvalue weighted by Gasteiger charge is -2.31. The second-order valence-electron chi connectivity index (χ2n) is 4.31. The van der Waals surface area contributed by atoms with Gasteiger partial charge in [-0.15, -0.1) is 11.6 Å². The molecule has 1 aromatic rings. The van der Waals surface area contributed by atoms with Crippen LogP contribution in [0.3, 0.4) is 0 Å². The quantitative estimate of drug-likeness (QED) is 0.845. The number of hydrogen-bond donors (Lipinski definition) is 1. The van der Waals surface area contributed by atoms with Crippen molar-refractivity contribution in [2.75, 3.05) is 0 Å². The molecule has 1 fully saturated rings. The van der Waals surface area contributed by atoms with Crippen molar-refractivity contribution >= 4 is 23.2 Å². The van der Waals surface area contributed by atoms with Crippen LogP contribution >= 0.6 is 23.2 Å². The molecule has 0 aliphatic heterocycles. The van der Waals surface area contributed by atoms with E-state index in [-0.39, 0.29) is 0 Å². The lowest BCUT2D eigenvalue weighted by atomic mass is 9.92. The zero-order valence-electron chi connectivity index (χ0n) is 9.63. The number of halogens is 2. The highest BCUT2D eigenvalue weighted by Crippen LogP contribution is 2.26. The van der Waals surface area contributed by atoms with Gasteiger partial charge in [-0.05, 0) is 26.7 Å². The number of aryl methyl sites for hydroxylation is 2. The summed E-state index contributed by atoms with van der Waals surface area (Å²) in [4.78, 5) is 0. The maximum Gasteiger partial charge on any atom is 0.0860 e. The Morgan fingerprint density at radius 3 is 2.75 bits per heavy atom. The van der Waals surface area contributed by atoms with E-state index in [1.165, 1.54) is 0 Å². The van der Waals surface area contributed by atoms with E-state index in [4.69, 9.17) is 23.2 Å². The topological polar surface area (TPSA) is 29.9 Å². The SMILES string of the molecule is CCn1nc(C)c(Cl)c1CNC1CC(Cl)C1. The van der Waals surface area contributed by atoms with Crippen LogP contribution in [0, 0.1) is 6.92 Å². The molecule has 3 nitrogen and oxygen atoms in total. The van der Waals surface area contributed by atoms with E-state index in [1.807, 2.05) is 11.6 Å². The molecule has 0 amide bonds. The van der Waals surface area contributed by atoms with Gasteiger partial charge in [-0.1, -0.05) is 11.6 Å². The fourth-order valence-corrected chi connectivity index (χ4v) is 2.63. The van der Waals surface area contributed by atoms with Crippen molar-refractivity contribution in [1.82, 2.24) is 15.1 Å². The molecule has 1 heterocycles. The highest BCUT2D eigenvalue weighted by molar-refractivity contribution is 6.31. The third kappa shape index (κ3) is 2.36. The number of nitrogens with one attached hydrogen (secondary N) is 1. The predicted molar refractivity (Wildman–Crippen MR) is 67.2 cm³/mol. The number of alkyl halides is 1. The Balaban J connectivity index is 1.97. The summed E-state index contributed by atoms with van der Waals surface area (Å²) in [6, 6.07) is 0.541. The second-order valence-corrected chi connectivity index (χ2v) is 5.30. The lowest BCUT2D eigenvalue weighted by molar-refractivity contribution is 0.340. The number of aromatic nitrogens is 2. The molecule has 0 spiro atoms. The Kier molecular flexibility index (Phi) is 3.77. The van der Waals surface area contributed by atoms with Crippen LogP contribution in [0.25, 0.3) is 0 Å². The molecule has 0 saturated heterocycles. The van der Waals surface area contributed by atoms with Gasteiger partial charge in [-0.2, -0.15) is 5.10 Å². The highest BCUT2D eigenvalue weighted by atomic mass is 35.5. The molecule has 2 rings (SSSR count). The van der Waals surface area contributed by atoms with Crippen LogP contribution < -0.4 is 5.32 Å². The average Bonchev–Trinajstić information content (AvgIpc) is 2.49. The second kappa shape index (κ2) is 4.94. The van der Waals surface area contributed by atoms with Crippen LogP contribution in [-0.4, -0.2) is 21.2 Å². The molecule has 1 saturated carbocycles. The molecule has 0 atom stereocenters. The summed E-state index contributed by atoms with van der Waals surface area (Å²) < 4.78 is 1.96. The fourth-order valence-electron chi connectivity index (χ4n) is 1.99. The number of rotatable bonds is 4. The van der Waals surface area contributed by atoms with Crippen LogP contribution in [0.1, 0.15) is 31.2 Å². The Labute approximate surface area is 106 Å². The van der Waals surface area contributed by atoms with Crippen LogP contribution in [0.2, 0.25) is 5.02 Å². The molecule has 0 unspecified atom stereocenters. The third-order valence-electron chi connectivity index (χ3n) is 3.09. The molecule has 1 N–H and O–H groups in total. The van der Waals surface area contributed by atoms with Crippen LogP contribution in [0.4, 0.5) is 0 Å². The summed E-state index contributed by atoms with van der Waals surface area (Å²) in [6.07, 6.45) is 2.11. The first-order chi connectivity index (χ1) is 7.61. The Morgan fingerprint density at radius 1 is 1.50 bits per heavy atom. The molecule has 1 aliphatic carbocycles. The maximum absolute atomic E-state index is 6.22. The summed E-state index contributed by atoms with van der Waals surface area (Å²) in [6.45, 7) is 5.65. The van der Waals surface area contributed by atoms with Gasteiger partial charge in [-0.25, -0.2) is 0 Å². The predicted octanol–water partition coefficient (Wildman–Crippen LogP) is 2.72. The van der Waals surface area contributed by atoms with Crippen molar-refractivity contribution in [2.45, 2.75) is 51.2 Å². The minimum absolute atomic E-state index is 0.353. The average molecular weight is 262 g/mol. The largest absolute Gasteiger partial charge is 0.308 e. The van der Waals surface area contributed by atoms with E-state index in [0.29, 0.717) is 11.4 Å². The first-order valence-corrected chi connectivity index (χ1v) is 6.52. The normalized spacial score (nSPS) is 24.5. The van der Waals surface area contributed by atoms with Gasteiger partial charge >= 0.3 is 0 Å². The van der Waals surface area contributed by atoms with Gasteiger partial charge < -0.3 is 5.32 Å². The highest BCUT2D eigenvalue weighted by Gasteiger charge is 2.27. The molecule has 90 valence electrons. The zero-order valence-corrected chi connectivity index (χ0v) is 11.1. The minimum Gasteiger partial charge on any atom is -0.308 e. The molecule has 0 bridgehead atoms. The molecule has 16 heavy (non-hydrogen) atoms. The van der Waals surface area contributed by atoms with Crippen LogP contribution in [0.5, 0.6) is 0 Å². The molecule has 1 aliphatic rings. The summed E-state index contributed by atoms with van der Waals surface area (Å²) in [5, 5.41) is 8.99. The number of nitrogens with zero attached hydrogens (tertiary/aromatic N) is 2. The van der Waals surface area contributed by atoms with Crippen LogP contribution in [-0.2, 0) is 13.1 Å². The standard InChI is InChI=1S/C11H17Cl2N3/c1-3-16-10(11(13)7(2)15-16)6-14-9-4-8(12)5-9/h8-9,14H,3-6H2,1-2H3. The van der Waals surface area contributed by atoms with Crippen molar-refractivity contribution < 1.29 is 0 Å².